The molecule has 108 valence electrons. The number of aryl methyl sites for hydroxylation is 2. The molecule has 0 aliphatic heterocycles. The van der Waals surface area contributed by atoms with Gasteiger partial charge in [-0.1, -0.05) is 11.8 Å². The molecule has 0 aliphatic carbocycles. The number of hydrogen-bond acceptors (Lipinski definition) is 4. The molecule has 2 heterocycles. The summed E-state index contributed by atoms with van der Waals surface area (Å²) in [6.45, 7) is 3.82. The van der Waals surface area contributed by atoms with Gasteiger partial charge in [-0.3, -0.25) is 0 Å². The van der Waals surface area contributed by atoms with Crippen LogP contribution in [0.3, 0.4) is 0 Å². The Kier molecular flexibility index (Phi) is 3.59. The second kappa shape index (κ2) is 5.40. The third-order valence-corrected chi connectivity index (χ3v) is 3.80. The average molecular weight is 306 g/mol. The number of rotatable bonds is 3. The third kappa shape index (κ3) is 3.02. The summed E-state index contributed by atoms with van der Waals surface area (Å²) >= 11 is 1.31. The molecule has 0 aliphatic rings. The van der Waals surface area contributed by atoms with Gasteiger partial charge in [0.2, 0.25) is 5.16 Å². The number of hydrogen-bond donors (Lipinski definition) is 0. The normalized spacial score (nSPS) is 11.2. The highest BCUT2D eigenvalue weighted by Gasteiger charge is 2.09. The fraction of sp³-hybridized carbons (Fsp3) is 0.214. The van der Waals surface area contributed by atoms with Gasteiger partial charge in [0.05, 0.1) is 0 Å². The van der Waals surface area contributed by atoms with Crippen molar-refractivity contribution in [2.75, 3.05) is 0 Å². The Labute approximate surface area is 124 Å². The Morgan fingerprint density at radius 3 is 2.48 bits per heavy atom. The van der Waals surface area contributed by atoms with Crippen molar-refractivity contribution in [3.8, 4) is 0 Å². The van der Waals surface area contributed by atoms with Gasteiger partial charge in [-0.15, -0.1) is 5.10 Å². The molecule has 0 fully saturated rings. The van der Waals surface area contributed by atoms with E-state index in [1.807, 2.05) is 19.9 Å². The van der Waals surface area contributed by atoms with Crippen molar-refractivity contribution >= 4 is 17.5 Å². The molecular formula is C14H12F2N4S. The zero-order valence-electron chi connectivity index (χ0n) is 11.5. The monoisotopic (exact) mass is 306 g/mol. The van der Waals surface area contributed by atoms with Gasteiger partial charge in [0.25, 0.3) is 5.78 Å². The van der Waals surface area contributed by atoms with Crippen LogP contribution in [0.15, 0.2) is 29.4 Å². The topological polar surface area (TPSA) is 43.1 Å². The number of nitrogens with zero attached hydrogens (tertiary/aromatic N) is 4. The van der Waals surface area contributed by atoms with Crippen LogP contribution in [0.4, 0.5) is 8.78 Å². The van der Waals surface area contributed by atoms with Crippen molar-refractivity contribution < 1.29 is 8.78 Å². The Balaban J connectivity index is 1.83. The van der Waals surface area contributed by atoms with Crippen LogP contribution in [0.25, 0.3) is 5.78 Å². The lowest BCUT2D eigenvalue weighted by molar-refractivity contribution is 0.581. The molecule has 0 saturated heterocycles. The molecule has 4 nitrogen and oxygen atoms in total. The van der Waals surface area contributed by atoms with Crippen molar-refractivity contribution in [3.63, 3.8) is 0 Å². The van der Waals surface area contributed by atoms with Crippen molar-refractivity contribution in [3.05, 3.63) is 52.9 Å². The summed E-state index contributed by atoms with van der Waals surface area (Å²) in [5.41, 5.74) is 2.36. The standard InChI is InChI=1S/C14H12F2N4S/c1-8-3-9(2)20-13(17-8)18-14(19-20)21-7-10-4-11(15)6-12(16)5-10/h3-6H,7H2,1-2H3. The van der Waals surface area contributed by atoms with E-state index in [4.69, 9.17) is 0 Å². The van der Waals surface area contributed by atoms with Crippen LogP contribution in [0.5, 0.6) is 0 Å². The van der Waals surface area contributed by atoms with Gasteiger partial charge < -0.3 is 0 Å². The van der Waals surface area contributed by atoms with E-state index in [1.165, 1.54) is 23.9 Å². The van der Waals surface area contributed by atoms with Gasteiger partial charge in [-0.25, -0.2) is 18.3 Å². The molecular weight excluding hydrogens is 294 g/mol. The van der Waals surface area contributed by atoms with Crippen molar-refractivity contribution in [2.24, 2.45) is 0 Å². The van der Waals surface area contributed by atoms with Crippen LogP contribution in [0.1, 0.15) is 17.0 Å². The molecule has 0 saturated carbocycles. The molecule has 0 radical (unpaired) electrons. The Morgan fingerprint density at radius 1 is 1.05 bits per heavy atom. The molecule has 3 aromatic rings. The Bertz CT molecular complexity index is 796. The minimum atomic E-state index is -0.582. The molecule has 0 amide bonds. The SMILES string of the molecule is Cc1cc(C)n2nc(SCc3cc(F)cc(F)c3)nc2n1. The van der Waals surface area contributed by atoms with Crippen LogP contribution in [0, 0.1) is 25.5 Å². The van der Waals surface area contributed by atoms with Gasteiger partial charge in [0, 0.05) is 23.2 Å². The molecule has 21 heavy (non-hydrogen) atoms. The number of fused-ring (bicyclic) bond motifs is 1. The Hall–Kier alpha value is -2.02. The third-order valence-electron chi connectivity index (χ3n) is 2.89. The molecule has 7 heteroatoms. The fourth-order valence-electron chi connectivity index (χ4n) is 2.05. The highest BCUT2D eigenvalue weighted by atomic mass is 32.2. The van der Waals surface area contributed by atoms with E-state index in [1.54, 1.807) is 4.52 Å². The lowest BCUT2D eigenvalue weighted by Crippen LogP contribution is -1.97. The fourth-order valence-corrected chi connectivity index (χ4v) is 2.80. The van der Waals surface area contributed by atoms with Crippen LogP contribution in [-0.4, -0.2) is 19.6 Å². The van der Waals surface area contributed by atoms with Crippen molar-refractivity contribution in [2.45, 2.75) is 24.8 Å². The first kappa shape index (κ1) is 13.9. The number of halogens is 2. The largest absolute Gasteiger partial charge is 0.253 e. The second-order valence-electron chi connectivity index (χ2n) is 4.71. The van der Waals surface area contributed by atoms with Gasteiger partial charge in [-0.2, -0.15) is 4.98 Å². The summed E-state index contributed by atoms with van der Waals surface area (Å²) in [6, 6.07) is 5.38. The minimum absolute atomic E-state index is 0.392. The zero-order chi connectivity index (χ0) is 15.0. The summed E-state index contributed by atoms with van der Waals surface area (Å²) in [5, 5.41) is 4.86. The molecule has 0 N–H and O–H groups in total. The van der Waals surface area contributed by atoms with E-state index >= 15 is 0 Å². The maximum Gasteiger partial charge on any atom is 0.253 e. The lowest BCUT2D eigenvalue weighted by atomic mass is 10.2. The van der Waals surface area contributed by atoms with Gasteiger partial charge >= 0.3 is 0 Å². The summed E-state index contributed by atoms with van der Waals surface area (Å²) in [5.74, 6) is -0.243. The first-order chi connectivity index (χ1) is 10.0. The molecule has 0 bridgehead atoms. The summed E-state index contributed by atoms with van der Waals surface area (Å²) in [7, 11) is 0. The summed E-state index contributed by atoms with van der Waals surface area (Å²) in [4.78, 5) is 8.61. The van der Waals surface area contributed by atoms with E-state index in [9.17, 15) is 8.78 Å². The van der Waals surface area contributed by atoms with E-state index in [0.29, 0.717) is 22.3 Å². The van der Waals surface area contributed by atoms with Crippen LogP contribution in [0.2, 0.25) is 0 Å². The van der Waals surface area contributed by atoms with Crippen LogP contribution in [-0.2, 0) is 5.75 Å². The van der Waals surface area contributed by atoms with Gasteiger partial charge in [0.15, 0.2) is 0 Å². The van der Waals surface area contributed by atoms with E-state index in [0.717, 1.165) is 17.5 Å². The maximum atomic E-state index is 13.1. The van der Waals surface area contributed by atoms with Crippen molar-refractivity contribution in [1.29, 1.82) is 0 Å². The molecule has 0 atom stereocenters. The van der Waals surface area contributed by atoms with Gasteiger partial charge in [-0.05, 0) is 37.6 Å². The number of thioether (sulfide) groups is 1. The van der Waals surface area contributed by atoms with E-state index in [2.05, 4.69) is 15.1 Å². The Morgan fingerprint density at radius 2 is 1.76 bits per heavy atom. The quantitative estimate of drug-likeness (QED) is 0.696. The first-order valence-electron chi connectivity index (χ1n) is 6.30. The summed E-state index contributed by atoms with van der Waals surface area (Å²) in [6.07, 6.45) is 0. The van der Waals surface area contributed by atoms with Gasteiger partial charge in [0.1, 0.15) is 11.6 Å². The van der Waals surface area contributed by atoms with Crippen molar-refractivity contribution in [1.82, 2.24) is 19.6 Å². The molecule has 0 unspecified atom stereocenters. The minimum Gasteiger partial charge on any atom is -0.216 e. The van der Waals surface area contributed by atoms with E-state index in [-0.39, 0.29) is 0 Å². The zero-order valence-corrected chi connectivity index (χ0v) is 12.3. The van der Waals surface area contributed by atoms with Crippen LogP contribution >= 0.6 is 11.8 Å². The smallest absolute Gasteiger partial charge is 0.216 e. The summed E-state index contributed by atoms with van der Waals surface area (Å²) < 4.78 is 27.9. The number of benzene rings is 1. The number of aromatic nitrogens is 4. The first-order valence-corrected chi connectivity index (χ1v) is 7.28. The average Bonchev–Trinajstić information content (AvgIpc) is 2.78. The lowest BCUT2D eigenvalue weighted by Gasteiger charge is -1.99. The van der Waals surface area contributed by atoms with Crippen LogP contribution < -0.4 is 0 Å². The molecule has 2 aromatic heterocycles. The maximum absolute atomic E-state index is 13.1. The molecule has 1 aromatic carbocycles. The second-order valence-corrected chi connectivity index (χ2v) is 5.65. The highest BCUT2D eigenvalue weighted by Crippen LogP contribution is 2.21. The predicted octanol–water partition coefficient (Wildman–Crippen LogP) is 3.31. The van der Waals surface area contributed by atoms with E-state index < -0.39 is 11.6 Å². The molecule has 0 spiro atoms. The predicted molar refractivity (Wildman–Crippen MR) is 76.2 cm³/mol. The highest BCUT2D eigenvalue weighted by molar-refractivity contribution is 7.98. The molecule has 3 rings (SSSR count).